The molecule has 1 unspecified atom stereocenters. The topological polar surface area (TPSA) is 0 Å². The quantitative estimate of drug-likeness (QED) is 0.575. The molecule has 0 aliphatic heterocycles. The molecule has 0 amide bonds. The Hall–Kier alpha value is 0.350. The predicted molar refractivity (Wildman–Crippen MR) is 65.6 cm³/mol. The smallest absolute Gasteiger partial charge is 0.00413 e. The summed E-state index contributed by atoms with van der Waals surface area (Å²) in [6.07, 6.45) is 6.65. The predicted octanol–water partition coefficient (Wildman–Crippen LogP) is 4.55. The summed E-state index contributed by atoms with van der Waals surface area (Å²) >= 11 is 4.52. The van der Waals surface area contributed by atoms with Gasteiger partial charge < -0.3 is 0 Å². The lowest BCUT2D eigenvalue weighted by Gasteiger charge is -2.31. The van der Waals surface area contributed by atoms with Gasteiger partial charge >= 0.3 is 0 Å². The molecule has 80 valence electrons. The summed E-state index contributed by atoms with van der Waals surface area (Å²) in [5, 5.41) is 0. The van der Waals surface area contributed by atoms with E-state index in [0.717, 1.165) is 11.7 Å². The summed E-state index contributed by atoms with van der Waals surface area (Å²) in [5.41, 5.74) is 0.530. The highest BCUT2D eigenvalue weighted by Crippen LogP contribution is 2.35. The van der Waals surface area contributed by atoms with E-state index in [4.69, 9.17) is 0 Å². The van der Waals surface area contributed by atoms with Gasteiger partial charge in [-0.25, -0.2) is 0 Å². The highest BCUT2D eigenvalue weighted by atomic mass is 32.1. The van der Waals surface area contributed by atoms with E-state index in [1.807, 2.05) is 0 Å². The van der Waals surface area contributed by atoms with E-state index in [1.54, 1.807) is 0 Å². The molecule has 0 radical (unpaired) electrons. The molecule has 0 aliphatic rings. The third kappa shape index (κ3) is 4.95. The fourth-order valence-electron chi connectivity index (χ4n) is 1.87. The van der Waals surface area contributed by atoms with E-state index in [-0.39, 0.29) is 0 Å². The lowest BCUT2D eigenvalue weighted by Crippen LogP contribution is -2.22. The maximum Gasteiger partial charge on any atom is -0.00413 e. The van der Waals surface area contributed by atoms with Crippen molar-refractivity contribution in [3.8, 4) is 0 Å². The zero-order chi connectivity index (χ0) is 10.3. The summed E-state index contributed by atoms with van der Waals surface area (Å²) in [7, 11) is 0. The van der Waals surface area contributed by atoms with Crippen LogP contribution in [0, 0.1) is 11.3 Å². The van der Waals surface area contributed by atoms with Crippen LogP contribution in [-0.4, -0.2) is 5.75 Å². The first kappa shape index (κ1) is 13.4. The number of rotatable bonds is 7. The number of hydrogen-bond acceptors (Lipinski definition) is 1. The molecule has 0 spiro atoms. The largest absolute Gasteiger partial charge is 0.179 e. The van der Waals surface area contributed by atoms with Crippen LogP contribution in [0.15, 0.2) is 0 Å². The summed E-state index contributed by atoms with van der Waals surface area (Å²) in [5.74, 6) is 1.90. The van der Waals surface area contributed by atoms with Crippen LogP contribution in [0.4, 0.5) is 0 Å². The summed E-state index contributed by atoms with van der Waals surface area (Å²) in [6.45, 7) is 9.21. The molecule has 0 bridgehead atoms. The average molecular weight is 202 g/mol. The normalized spacial score (nSPS) is 16.2. The Morgan fingerprint density at radius 2 is 1.77 bits per heavy atom. The molecule has 0 heterocycles. The fourth-order valence-corrected chi connectivity index (χ4v) is 2.41. The van der Waals surface area contributed by atoms with Gasteiger partial charge in [0.25, 0.3) is 0 Å². The summed E-state index contributed by atoms with van der Waals surface area (Å²) in [6, 6.07) is 0. The van der Waals surface area contributed by atoms with E-state index in [1.165, 1.54) is 32.1 Å². The van der Waals surface area contributed by atoms with E-state index < -0.39 is 0 Å². The Kier molecular flexibility index (Phi) is 6.93. The van der Waals surface area contributed by atoms with Gasteiger partial charge in [-0.15, -0.1) is 0 Å². The third-order valence-corrected chi connectivity index (χ3v) is 3.79. The first-order valence-electron chi connectivity index (χ1n) is 5.71. The van der Waals surface area contributed by atoms with Crippen molar-refractivity contribution in [3.05, 3.63) is 0 Å². The van der Waals surface area contributed by atoms with Crippen molar-refractivity contribution in [2.75, 3.05) is 5.75 Å². The van der Waals surface area contributed by atoms with E-state index in [0.29, 0.717) is 5.41 Å². The molecule has 0 aromatic rings. The van der Waals surface area contributed by atoms with E-state index in [2.05, 4.69) is 40.3 Å². The Balaban J connectivity index is 4.04. The van der Waals surface area contributed by atoms with Gasteiger partial charge in [0.2, 0.25) is 0 Å². The first-order chi connectivity index (χ1) is 6.10. The van der Waals surface area contributed by atoms with Gasteiger partial charge in [0, 0.05) is 0 Å². The van der Waals surface area contributed by atoms with Crippen LogP contribution >= 0.6 is 12.6 Å². The molecule has 0 aromatic carbocycles. The maximum atomic E-state index is 4.52. The molecule has 0 saturated carbocycles. The highest BCUT2D eigenvalue weighted by Gasteiger charge is 2.25. The molecule has 0 aliphatic carbocycles. The fraction of sp³-hybridized carbons (Fsp3) is 1.00. The first-order valence-corrected chi connectivity index (χ1v) is 6.34. The molecular weight excluding hydrogens is 176 g/mol. The van der Waals surface area contributed by atoms with E-state index >= 15 is 0 Å². The molecule has 1 atom stereocenters. The van der Waals surface area contributed by atoms with Gasteiger partial charge in [-0.1, -0.05) is 40.5 Å². The van der Waals surface area contributed by atoms with Crippen LogP contribution in [0.1, 0.15) is 59.8 Å². The van der Waals surface area contributed by atoms with Crippen molar-refractivity contribution in [1.82, 2.24) is 0 Å². The van der Waals surface area contributed by atoms with Crippen LogP contribution in [0.5, 0.6) is 0 Å². The van der Waals surface area contributed by atoms with Gasteiger partial charge in [0.05, 0.1) is 0 Å². The molecule has 0 nitrogen and oxygen atoms in total. The standard InChI is InChI=1S/C12H26S/c1-5-8-12(6-2,10-13)9-7-11(3)4/h11,13H,5-10H2,1-4H3. The second-order valence-electron chi connectivity index (χ2n) is 4.69. The zero-order valence-corrected chi connectivity index (χ0v) is 10.7. The van der Waals surface area contributed by atoms with Crippen LogP contribution < -0.4 is 0 Å². The Labute approximate surface area is 89.9 Å². The van der Waals surface area contributed by atoms with Crippen molar-refractivity contribution >= 4 is 12.6 Å². The van der Waals surface area contributed by atoms with Gasteiger partial charge in [-0.3, -0.25) is 0 Å². The summed E-state index contributed by atoms with van der Waals surface area (Å²) in [4.78, 5) is 0. The minimum atomic E-state index is 0.530. The zero-order valence-electron chi connectivity index (χ0n) is 9.77. The summed E-state index contributed by atoms with van der Waals surface area (Å²) < 4.78 is 0. The average Bonchev–Trinajstić information content (AvgIpc) is 2.12. The van der Waals surface area contributed by atoms with Crippen molar-refractivity contribution in [3.63, 3.8) is 0 Å². The SMILES string of the molecule is CCCC(CC)(CS)CCC(C)C. The van der Waals surface area contributed by atoms with Gasteiger partial charge in [-0.2, -0.15) is 12.6 Å². The van der Waals surface area contributed by atoms with Crippen molar-refractivity contribution < 1.29 is 0 Å². The Morgan fingerprint density at radius 3 is 2.08 bits per heavy atom. The molecule has 0 saturated heterocycles. The molecule has 1 heteroatoms. The van der Waals surface area contributed by atoms with Crippen LogP contribution in [0.3, 0.4) is 0 Å². The Morgan fingerprint density at radius 1 is 1.15 bits per heavy atom. The molecule has 0 aromatic heterocycles. The highest BCUT2D eigenvalue weighted by molar-refractivity contribution is 7.80. The maximum absolute atomic E-state index is 4.52. The minimum Gasteiger partial charge on any atom is -0.179 e. The molecule has 0 N–H and O–H groups in total. The van der Waals surface area contributed by atoms with Crippen LogP contribution in [-0.2, 0) is 0 Å². The van der Waals surface area contributed by atoms with E-state index in [9.17, 15) is 0 Å². The van der Waals surface area contributed by atoms with Crippen LogP contribution in [0.25, 0.3) is 0 Å². The lowest BCUT2D eigenvalue weighted by molar-refractivity contribution is 0.246. The molecule has 0 fully saturated rings. The second kappa shape index (κ2) is 6.75. The van der Waals surface area contributed by atoms with Crippen LogP contribution in [0.2, 0.25) is 0 Å². The van der Waals surface area contributed by atoms with Gasteiger partial charge in [0.1, 0.15) is 0 Å². The lowest BCUT2D eigenvalue weighted by atomic mass is 9.77. The number of thiol groups is 1. The number of hydrogen-bond donors (Lipinski definition) is 1. The Bertz CT molecular complexity index is 114. The van der Waals surface area contributed by atoms with Crippen molar-refractivity contribution in [2.24, 2.45) is 11.3 Å². The molecular formula is C12H26S. The molecule has 13 heavy (non-hydrogen) atoms. The third-order valence-electron chi connectivity index (χ3n) is 3.12. The van der Waals surface area contributed by atoms with Gasteiger partial charge in [0.15, 0.2) is 0 Å². The van der Waals surface area contributed by atoms with Gasteiger partial charge in [-0.05, 0) is 36.3 Å². The second-order valence-corrected chi connectivity index (χ2v) is 5.01. The van der Waals surface area contributed by atoms with Crippen molar-refractivity contribution in [2.45, 2.75) is 59.8 Å². The monoisotopic (exact) mass is 202 g/mol. The molecule has 0 rings (SSSR count). The van der Waals surface area contributed by atoms with Crippen molar-refractivity contribution in [1.29, 1.82) is 0 Å². The minimum absolute atomic E-state index is 0.530.